The first-order valence-electron chi connectivity index (χ1n) is 10.5. The van der Waals surface area contributed by atoms with Gasteiger partial charge in [0.1, 0.15) is 0 Å². The normalized spacial score (nSPS) is 18.8. The van der Waals surface area contributed by atoms with Crippen LogP contribution in [-0.4, -0.2) is 57.0 Å². The second kappa shape index (κ2) is 10.4. The number of hydrogen-bond donors (Lipinski definition) is 3. The zero-order valence-corrected chi connectivity index (χ0v) is 19.3. The highest BCUT2D eigenvalue weighted by Crippen LogP contribution is 2.19. The van der Waals surface area contributed by atoms with Crippen LogP contribution in [0.4, 0.5) is 0 Å². The third kappa shape index (κ3) is 7.28. The SMILES string of the molecule is CCNC(=NCc1ccccc1S(=O)(=O)NC(C)(C)C)NCC1CCCN1CC. The average molecular weight is 424 g/mol. The number of likely N-dealkylation sites (tertiary alicyclic amines) is 1. The Morgan fingerprint density at radius 2 is 1.93 bits per heavy atom. The molecule has 0 aliphatic carbocycles. The maximum atomic E-state index is 12.8. The molecule has 1 atom stereocenters. The maximum Gasteiger partial charge on any atom is 0.241 e. The lowest BCUT2D eigenvalue weighted by Gasteiger charge is -2.24. The maximum absolute atomic E-state index is 12.8. The monoisotopic (exact) mass is 423 g/mol. The minimum atomic E-state index is -3.61. The van der Waals surface area contributed by atoms with Crippen molar-refractivity contribution in [3.05, 3.63) is 29.8 Å². The predicted octanol–water partition coefficient (Wildman–Crippen LogP) is 2.30. The van der Waals surface area contributed by atoms with Gasteiger partial charge in [0.2, 0.25) is 10.0 Å². The lowest BCUT2D eigenvalue weighted by molar-refractivity contribution is 0.267. The number of aliphatic imine (C=N–C) groups is 1. The zero-order chi connectivity index (χ0) is 21.5. The molecule has 1 aromatic rings. The summed E-state index contributed by atoms with van der Waals surface area (Å²) in [7, 11) is -3.61. The van der Waals surface area contributed by atoms with E-state index in [2.05, 4.69) is 32.2 Å². The van der Waals surface area contributed by atoms with Crippen molar-refractivity contribution < 1.29 is 8.42 Å². The smallest absolute Gasteiger partial charge is 0.241 e. The summed E-state index contributed by atoms with van der Waals surface area (Å²) in [6.07, 6.45) is 2.43. The van der Waals surface area contributed by atoms with Gasteiger partial charge in [-0.2, -0.15) is 0 Å². The van der Waals surface area contributed by atoms with Crippen LogP contribution >= 0.6 is 0 Å². The highest BCUT2D eigenvalue weighted by Gasteiger charge is 2.25. The van der Waals surface area contributed by atoms with Crippen LogP contribution in [0.1, 0.15) is 53.0 Å². The van der Waals surface area contributed by atoms with Crippen LogP contribution in [0, 0.1) is 0 Å². The number of nitrogens with one attached hydrogen (secondary N) is 3. The number of guanidine groups is 1. The number of sulfonamides is 1. The molecule has 8 heteroatoms. The molecule has 164 valence electrons. The van der Waals surface area contributed by atoms with E-state index >= 15 is 0 Å². The summed E-state index contributed by atoms with van der Waals surface area (Å²) >= 11 is 0. The molecule has 7 nitrogen and oxygen atoms in total. The summed E-state index contributed by atoms with van der Waals surface area (Å²) in [6.45, 7) is 13.8. The first-order valence-corrected chi connectivity index (χ1v) is 12.0. The van der Waals surface area contributed by atoms with Gasteiger partial charge in [-0.25, -0.2) is 18.1 Å². The Bertz CT molecular complexity index is 787. The van der Waals surface area contributed by atoms with E-state index in [0.29, 0.717) is 24.1 Å². The van der Waals surface area contributed by atoms with Crippen molar-refractivity contribution in [2.75, 3.05) is 26.2 Å². The van der Waals surface area contributed by atoms with Gasteiger partial charge in [0.15, 0.2) is 5.96 Å². The summed E-state index contributed by atoms with van der Waals surface area (Å²) < 4.78 is 28.3. The number of nitrogens with zero attached hydrogens (tertiary/aromatic N) is 2. The summed E-state index contributed by atoms with van der Waals surface area (Å²) in [6, 6.07) is 7.57. The van der Waals surface area contributed by atoms with Gasteiger partial charge in [-0.3, -0.25) is 4.90 Å². The van der Waals surface area contributed by atoms with E-state index in [0.717, 1.165) is 26.2 Å². The van der Waals surface area contributed by atoms with Crippen molar-refractivity contribution in [2.45, 2.75) is 70.5 Å². The molecule has 1 aliphatic rings. The van der Waals surface area contributed by atoms with Crippen LogP contribution in [0.25, 0.3) is 0 Å². The molecule has 3 N–H and O–H groups in total. The Hall–Kier alpha value is -1.64. The quantitative estimate of drug-likeness (QED) is 0.441. The molecule has 1 fully saturated rings. The zero-order valence-electron chi connectivity index (χ0n) is 18.5. The van der Waals surface area contributed by atoms with Crippen LogP contribution in [-0.2, 0) is 16.6 Å². The summed E-state index contributed by atoms with van der Waals surface area (Å²) in [5, 5.41) is 6.69. The second-order valence-corrected chi connectivity index (χ2v) is 10.1. The molecule has 1 saturated heterocycles. The Kier molecular flexibility index (Phi) is 8.48. The van der Waals surface area contributed by atoms with E-state index in [9.17, 15) is 8.42 Å². The van der Waals surface area contributed by atoms with E-state index in [1.807, 2.05) is 39.8 Å². The first kappa shape index (κ1) is 23.6. The second-order valence-electron chi connectivity index (χ2n) is 8.46. The van der Waals surface area contributed by atoms with Crippen molar-refractivity contribution >= 4 is 16.0 Å². The van der Waals surface area contributed by atoms with E-state index in [4.69, 9.17) is 0 Å². The Balaban J connectivity index is 2.13. The van der Waals surface area contributed by atoms with Gasteiger partial charge in [0.05, 0.1) is 11.4 Å². The van der Waals surface area contributed by atoms with E-state index < -0.39 is 15.6 Å². The van der Waals surface area contributed by atoms with E-state index in [-0.39, 0.29) is 4.90 Å². The lowest BCUT2D eigenvalue weighted by atomic mass is 10.1. The molecule has 1 unspecified atom stereocenters. The summed E-state index contributed by atoms with van der Waals surface area (Å²) in [5.41, 5.74) is 0.135. The predicted molar refractivity (Wildman–Crippen MR) is 120 cm³/mol. The number of likely N-dealkylation sites (N-methyl/N-ethyl adjacent to an activating group) is 1. The Labute approximate surface area is 176 Å². The van der Waals surface area contributed by atoms with Gasteiger partial charge < -0.3 is 10.6 Å². The van der Waals surface area contributed by atoms with Crippen molar-refractivity contribution in [3.63, 3.8) is 0 Å². The third-order valence-corrected chi connectivity index (χ3v) is 6.72. The molecule has 0 aromatic heterocycles. The Morgan fingerprint density at radius 3 is 2.59 bits per heavy atom. The van der Waals surface area contributed by atoms with E-state index in [1.165, 1.54) is 12.8 Å². The van der Waals surface area contributed by atoms with E-state index in [1.54, 1.807) is 12.1 Å². The number of benzene rings is 1. The highest BCUT2D eigenvalue weighted by molar-refractivity contribution is 7.89. The molecule has 1 heterocycles. The molecule has 1 aromatic carbocycles. The van der Waals surface area contributed by atoms with Crippen LogP contribution in [0.2, 0.25) is 0 Å². The summed E-state index contributed by atoms with van der Waals surface area (Å²) in [5.74, 6) is 0.714. The molecule has 0 bridgehead atoms. The molecule has 1 aliphatic heterocycles. The fourth-order valence-corrected chi connectivity index (χ4v) is 5.27. The molecular formula is C21H37N5O2S. The first-order chi connectivity index (χ1) is 13.7. The number of rotatable bonds is 8. The van der Waals surface area contributed by atoms with Crippen LogP contribution in [0.5, 0.6) is 0 Å². The fourth-order valence-electron chi connectivity index (χ4n) is 3.62. The van der Waals surface area contributed by atoms with Crippen molar-refractivity contribution in [1.82, 2.24) is 20.3 Å². The van der Waals surface area contributed by atoms with Gasteiger partial charge in [0.25, 0.3) is 0 Å². The Morgan fingerprint density at radius 1 is 1.21 bits per heavy atom. The van der Waals surface area contributed by atoms with Crippen LogP contribution in [0.3, 0.4) is 0 Å². The molecule has 29 heavy (non-hydrogen) atoms. The van der Waals surface area contributed by atoms with Gasteiger partial charge in [-0.15, -0.1) is 0 Å². The largest absolute Gasteiger partial charge is 0.357 e. The minimum absolute atomic E-state index is 0.280. The molecular weight excluding hydrogens is 386 g/mol. The highest BCUT2D eigenvalue weighted by atomic mass is 32.2. The average Bonchev–Trinajstić information content (AvgIpc) is 3.10. The standard InChI is InChI=1S/C21H37N5O2S/c1-6-22-20(24-16-18-12-10-14-26(18)7-2)23-15-17-11-8-9-13-19(17)29(27,28)25-21(3,4)5/h8-9,11,13,18,25H,6-7,10,12,14-16H2,1-5H3,(H2,22,23,24). The van der Waals surface area contributed by atoms with Crippen molar-refractivity contribution in [1.29, 1.82) is 0 Å². The van der Waals surface area contributed by atoms with Gasteiger partial charge in [-0.1, -0.05) is 25.1 Å². The molecule has 0 saturated carbocycles. The molecule has 0 spiro atoms. The fraction of sp³-hybridized carbons (Fsp3) is 0.667. The van der Waals surface area contributed by atoms with Crippen molar-refractivity contribution in [3.8, 4) is 0 Å². The number of hydrogen-bond acceptors (Lipinski definition) is 4. The topological polar surface area (TPSA) is 85.8 Å². The van der Waals surface area contributed by atoms with Crippen molar-refractivity contribution in [2.24, 2.45) is 4.99 Å². The third-order valence-electron chi connectivity index (χ3n) is 4.86. The van der Waals surface area contributed by atoms with Gasteiger partial charge in [-0.05, 0) is 65.3 Å². The van der Waals surface area contributed by atoms with Crippen LogP contribution < -0.4 is 15.4 Å². The summed E-state index contributed by atoms with van der Waals surface area (Å²) in [4.78, 5) is 7.41. The van der Waals surface area contributed by atoms with Crippen LogP contribution in [0.15, 0.2) is 34.2 Å². The van der Waals surface area contributed by atoms with Gasteiger partial charge in [0, 0.05) is 24.7 Å². The lowest BCUT2D eigenvalue weighted by Crippen LogP contribution is -2.44. The molecule has 0 amide bonds. The molecule has 2 rings (SSSR count). The van der Waals surface area contributed by atoms with Gasteiger partial charge >= 0.3 is 0 Å². The minimum Gasteiger partial charge on any atom is -0.357 e. The molecule has 0 radical (unpaired) electrons.